The predicted molar refractivity (Wildman–Crippen MR) is 70.6 cm³/mol. The third-order valence-electron chi connectivity index (χ3n) is 3.10. The number of nitrogens with zero attached hydrogens (tertiary/aromatic N) is 1. The number of hydrogen-bond donors (Lipinski definition) is 1. The van der Waals surface area contributed by atoms with E-state index in [1.165, 1.54) is 12.1 Å². The zero-order valence-electron chi connectivity index (χ0n) is 10.9. The van der Waals surface area contributed by atoms with Crippen LogP contribution in [0.2, 0.25) is 0 Å². The molecule has 2 aromatic rings. The second kappa shape index (κ2) is 5.89. The Balaban J connectivity index is 2.11. The van der Waals surface area contributed by atoms with Gasteiger partial charge in [0.2, 0.25) is 0 Å². The number of nitrogens with one attached hydrogen (secondary N) is 1. The Morgan fingerprint density at radius 3 is 2.47 bits per heavy atom. The maximum absolute atomic E-state index is 13.6. The fourth-order valence-electron chi connectivity index (χ4n) is 2.05. The van der Waals surface area contributed by atoms with Crippen LogP contribution < -0.4 is 5.32 Å². The van der Waals surface area contributed by atoms with E-state index in [1.807, 2.05) is 13.8 Å². The lowest BCUT2D eigenvalue weighted by Crippen LogP contribution is -2.23. The van der Waals surface area contributed by atoms with Crippen molar-refractivity contribution in [1.29, 1.82) is 0 Å². The van der Waals surface area contributed by atoms with Gasteiger partial charge < -0.3 is 5.32 Å². The first-order chi connectivity index (χ1) is 9.08. The first-order valence-corrected chi connectivity index (χ1v) is 6.19. The molecule has 2 atom stereocenters. The molecular weight excluding hydrogens is 246 g/mol. The molecule has 0 radical (unpaired) electrons. The molecule has 0 saturated heterocycles. The summed E-state index contributed by atoms with van der Waals surface area (Å²) in [5.41, 5.74) is 1.34. The number of halogens is 2. The maximum Gasteiger partial charge on any atom is 0.141 e. The van der Waals surface area contributed by atoms with Gasteiger partial charge in [0.15, 0.2) is 0 Å². The van der Waals surface area contributed by atoms with E-state index in [2.05, 4.69) is 10.3 Å². The summed E-state index contributed by atoms with van der Waals surface area (Å²) in [6, 6.07) is 7.78. The van der Waals surface area contributed by atoms with Gasteiger partial charge in [0, 0.05) is 23.8 Å². The predicted octanol–water partition coefficient (Wildman–Crippen LogP) is 3.77. The van der Waals surface area contributed by atoms with Gasteiger partial charge in [-0.25, -0.2) is 8.78 Å². The van der Waals surface area contributed by atoms with E-state index in [0.717, 1.165) is 11.8 Å². The first kappa shape index (κ1) is 13.6. The van der Waals surface area contributed by atoms with E-state index < -0.39 is 0 Å². The van der Waals surface area contributed by atoms with Crippen LogP contribution in [-0.4, -0.2) is 4.98 Å². The molecule has 2 rings (SSSR count). The van der Waals surface area contributed by atoms with Crippen molar-refractivity contribution in [1.82, 2.24) is 10.3 Å². The van der Waals surface area contributed by atoms with Crippen LogP contribution in [0.25, 0.3) is 0 Å². The quantitative estimate of drug-likeness (QED) is 0.907. The van der Waals surface area contributed by atoms with Crippen LogP contribution in [0.4, 0.5) is 8.78 Å². The highest BCUT2D eigenvalue weighted by Gasteiger charge is 2.14. The van der Waals surface area contributed by atoms with Crippen LogP contribution in [0.1, 0.15) is 37.1 Å². The minimum atomic E-state index is -0.371. The van der Waals surface area contributed by atoms with Gasteiger partial charge in [-0.2, -0.15) is 0 Å². The molecule has 0 spiro atoms. The Bertz CT molecular complexity index is 557. The molecule has 1 aromatic carbocycles. The summed E-state index contributed by atoms with van der Waals surface area (Å²) in [5.74, 6) is -0.614. The summed E-state index contributed by atoms with van der Waals surface area (Å²) in [4.78, 5) is 3.81. The number of hydrogen-bond acceptors (Lipinski definition) is 2. The zero-order chi connectivity index (χ0) is 13.8. The van der Waals surface area contributed by atoms with Crippen LogP contribution in [0.15, 0.2) is 42.7 Å². The summed E-state index contributed by atoms with van der Waals surface area (Å²) in [5, 5.41) is 3.23. The second-order valence-electron chi connectivity index (χ2n) is 4.57. The van der Waals surface area contributed by atoms with Gasteiger partial charge in [-0.1, -0.05) is 18.2 Å². The van der Waals surface area contributed by atoms with Gasteiger partial charge in [-0.05, 0) is 31.5 Å². The molecule has 0 fully saturated rings. The average Bonchev–Trinajstić information content (AvgIpc) is 2.39. The van der Waals surface area contributed by atoms with E-state index >= 15 is 0 Å². The van der Waals surface area contributed by atoms with Gasteiger partial charge in [-0.3, -0.25) is 4.98 Å². The minimum Gasteiger partial charge on any atom is -0.303 e. The van der Waals surface area contributed by atoms with Gasteiger partial charge in [-0.15, -0.1) is 0 Å². The molecule has 0 aliphatic heterocycles. The largest absolute Gasteiger partial charge is 0.303 e. The lowest BCUT2D eigenvalue weighted by Gasteiger charge is -2.21. The van der Waals surface area contributed by atoms with Crippen molar-refractivity contribution in [2.75, 3.05) is 0 Å². The molecule has 0 aliphatic carbocycles. The molecule has 1 aromatic heterocycles. The number of pyridine rings is 1. The Morgan fingerprint density at radius 1 is 1.05 bits per heavy atom. The van der Waals surface area contributed by atoms with Crippen molar-refractivity contribution in [3.8, 4) is 0 Å². The van der Waals surface area contributed by atoms with E-state index in [1.54, 1.807) is 24.4 Å². The topological polar surface area (TPSA) is 24.9 Å². The molecule has 2 unspecified atom stereocenters. The van der Waals surface area contributed by atoms with Crippen LogP contribution in [0, 0.1) is 11.6 Å². The Labute approximate surface area is 111 Å². The van der Waals surface area contributed by atoms with Gasteiger partial charge >= 0.3 is 0 Å². The standard InChI is InChI=1S/C15H16F2N2/c1-10(12-7-13(16)9-18-8-12)19-11(2)14-5-3-4-6-15(14)17/h3-11,19H,1-2H3. The van der Waals surface area contributed by atoms with E-state index in [4.69, 9.17) is 0 Å². The Hall–Kier alpha value is -1.81. The van der Waals surface area contributed by atoms with Crippen molar-refractivity contribution in [3.05, 3.63) is 65.5 Å². The Morgan fingerprint density at radius 2 is 1.79 bits per heavy atom. The summed E-state index contributed by atoms with van der Waals surface area (Å²) >= 11 is 0. The molecule has 1 N–H and O–H groups in total. The van der Waals surface area contributed by atoms with Crippen molar-refractivity contribution in [2.45, 2.75) is 25.9 Å². The van der Waals surface area contributed by atoms with Crippen molar-refractivity contribution in [2.24, 2.45) is 0 Å². The molecule has 4 heteroatoms. The monoisotopic (exact) mass is 262 g/mol. The first-order valence-electron chi connectivity index (χ1n) is 6.19. The highest BCUT2D eigenvalue weighted by atomic mass is 19.1. The molecule has 0 amide bonds. The lowest BCUT2D eigenvalue weighted by molar-refractivity contribution is 0.471. The number of rotatable bonds is 4. The number of aromatic nitrogens is 1. The summed E-state index contributed by atoms with van der Waals surface area (Å²) in [7, 11) is 0. The summed E-state index contributed by atoms with van der Waals surface area (Å²) in [6.07, 6.45) is 2.77. The summed E-state index contributed by atoms with van der Waals surface area (Å²) in [6.45, 7) is 3.77. The van der Waals surface area contributed by atoms with Gasteiger partial charge in [0.05, 0.1) is 6.20 Å². The van der Waals surface area contributed by atoms with Crippen LogP contribution >= 0.6 is 0 Å². The smallest absolute Gasteiger partial charge is 0.141 e. The molecular formula is C15H16F2N2. The molecule has 0 bridgehead atoms. The van der Waals surface area contributed by atoms with E-state index in [9.17, 15) is 8.78 Å². The van der Waals surface area contributed by atoms with Gasteiger partial charge in [0.1, 0.15) is 11.6 Å². The van der Waals surface area contributed by atoms with Crippen LogP contribution in [-0.2, 0) is 0 Å². The summed E-state index contributed by atoms with van der Waals surface area (Å²) < 4.78 is 26.7. The maximum atomic E-state index is 13.6. The average molecular weight is 262 g/mol. The van der Waals surface area contributed by atoms with Gasteiger partial charge in [0.25, 0.3) is 0 Å². The van der Waals surface area contributed by atoms with Crippen molar-refractivity contribution >= 4 is 0 Å². The van der Waals surface area contributed by atoms with E-state index in [0.29, 0.717) is 5.56 Å². The number of benzene rings is 1. The molecule has 2 nitrogen and oxygen atoms in total. The highest BCUT2D eigenvalue weighted by Crippen LogP contribution is 2.21. The van der Waals surface area contributed by atoms with Crippen molar-refractivity contribution < 1.29 is 8.78 Å². The molecule has 100 valence electrons. The van der Waals surface area contributed by atoms with Crippen LogP contribution in [0.3, 0.4) is 0 Å². The zero-order valence-corrected chi connectivity index (χ0v) is 10.9. The van der Waals surface area contributed by atoms with Crippen molar-refractivity contribution in [3.63, 3.8) is 0 Å². The SMILES string of the molecule is CC(NC(C)c1ccccc1F)c1cncc(F)c1. The lowest BCUT2D eigenvalue weighted by atomic mass is 10.0. The normalized spacial score (nSPS) is 14.1. The second-order valence-corrected chi connectivity index (χ2v) is 4.57. The third kappa shape index (κ3) is 3.35. The molecule has 0 saturated carbocycles. The van der Waals surface area contributed by atoms with E-state index in [-0.39, 0.29) is 23.7 Å². The third-order valence-corrected chi connectivity index (χ3v) is 3.10. The molecule has 19 heavy (non-hydrogen) atoms. The highest BCUT2D eigenvalue weighted by molar-refractivity contribution is 5.22. The fourth-order valence-corrected chi connectivity index (χ4v) is 2.05. The fraction of sp³-hybridized carbons (Fsp3) is 0.267. The minimum absolute atomic E-state index is 0.113. The van der Waals surface area contributed by atoms with Crippen LogP contribution in [0.5, 0.6) is 0 Å². The molecule has 1 heterocycles. The molecule has 0 aliphatic rings. The Kier molecular flexibility index (Phi) is 4.22.